The van der Waals surface area contributed by atoms with E-state index in [9.17, 15) is 14.0 Å². The molecule has 102 valence electrons. The Morgan fingerprint density at radius 2 is 2.00 bits per heavy atom. The Bertz CT molecular complexity index is 482. The van der Waals surface area contributed by atoms with Crippen LogP contribution in [0.4, 0.5) is 4.39 Å². The average Bonchev–Trinajstić information content (AvgIpc) is 2.36. The number of carboxylic acid groups (broad SMARTS) is 1. The zero-order valence-corrected chi connectivity index (χ0v) is 11.1. The molecule has 0 aliphatic carbocycles. The summed E-state index contributed by atoms with van der Waals surface area (Å²) < 4.78 is 17.4. The van der Waals surface area contributed by atoms with Crippen molar-refractivity contribution < 1.29 is 23.8 Å². The van der Waals surface area contributed by atoms with Crippen molar-refractivity contribution in [2.45, 2.75) is 6.92 Å². The fourth-order valence-corrected chi connectivity index (χ4v) is 1.91. The lowest BCUT2D eigenvalue weighted by Gasteiger charge is -2.03. The Balaban J connectivity index is 2.74. The normalized spacial score (nSPS) is 11.2. The molecular formula is C13H13FO4S. The number of hydrogen-bond donors (Lipinski definition) is 1. The fraction of sp³-hybridized carbons (Fsp3) is 0.231. The number of rotatable bonds is 6. The lowest BCUT2D eigenvalue weighted by atomic mass is 10.2. The number of hydrogen-bond acceptors (Lipinski definition) is 4. The molecule has 0 spiro atoms. The Kier molecular flexibility index (Phi) is 6.08. The predicted octanol–water partition coefficient (Wildman–Crippen LogP) is 2.55. The second-order valence-electron chi connectivity index (χ2n) is 3.46. The Morgan fingerprint density at radius 3 is 2.53 bits per heavy atom. The lowest BCUT2D eigenvalue weighted by molar-refractivity contribution is -0.139. The van der Waals surface area contributed by atoms with Crippen LogP contribution >= 0.6 is 11.8 Å². The number of benzene rings is 1. The van der Waals surface area contributed by atoms with Crippen molar-refractivity contribution in [2.24, 2.45) is 0 Å². The molecule has 0 atom stereocenters. The summed E-state index contributed by atoms with van der Waals surface area (Å²) in [6, 6.07) is 5.40. The first kappa shape index (κ1) is 15.2. The third-order valence-corrected chi connectivity index (χ3v) is 3.01. The number of halogens is 1. The molecule has 0 aliphatic rings. The quantitative estimate of drug-likeness (QED) is 0.642. The molecule has 0 saturated carbocycles. The van der Waals surface area contributed by atoms with Crippen molar-refractivity contribution in [1.29, 1.82) is 0 Å². The van der Waals surface area contributed by atoms with Gasteiger partial charge in [-0.1, -0.05) is 12.1 Å². The lowest BCUT2D eigenvalue weighted by Crippen LogP contribution is -2.08. The SMILES string of the molecule is CCOC(=O)CS/C(=C\c1ccc(F)cc1)C(=O)O. The van der Waals surface area contributed by atoms with Gasteiger partial charge in [0.25, 0.3) is 0 Å². The summed E-state index contributed by atoms with van der Waals surface area (Å²) in [7, 11) is 0. The van der Waals surface area contributed by atoms with Crippen molar-refractivity contribution in [3.8, 4) is 0 Å². The van der Waals surface area contributed by atoms with Crippen LogP contribution in [0.1, 0.15) is 12.5 Å². The number of esters is 1. The van der Waals surface area contributed by atoms with Gasteiger partial charge in [0.1, 0.15) is 5.82 Å². The van der Waals surface area contributed by atoms with Crippen molar-refractivity contribution in [3.63, 3.8) is 0 Å². The molecule has 0 saturated heterocycles. The standard InChI is InChI=1S/C13H13FO4S/c1-2-18-12(15)8-19-11(13(16)17)7-9-3-5-10(14)6-4-9/h3-7H,2,8H2,1H3,(H,16,17)/b11-7-. The predicted molar refractivity (Wildman–Crippen MR) is 71.1 cm³/mol. The van der Waals surface area contributed by atoms with Crippen LogP contribution in [0.2, 0.25) is 0 Å². The molecule has 1 N–H and O–H groups in total. The second-order valence-corrected chi connectivity index (χ2v) is 4.48. The van der Waals surface area contributed by atoms with Gasteiger partial charge >= 0.3 is 11.9 Å². The summed E-state index contributed by atoms with van der Waals surface area (Å²) in [6.45, 7) is 1.93. The fourth-order valence-electron chi connectivity index (χ4n) is 1.21. The van der Waals surface area contributed by atoms with Gasteiger partial charge in [-0.25, -0.2) is 9.18 Å². The van der Waals surface area contributed by atoms with E-state index in [-0.39, 0.29) is 17.3 Å². The number of ether oxygens (including phenoxy) is 1. The van der Waals surface area contributed by atoms with Gasteiger partial charge in [-0.2, -0.15) is 0 Å². The topological polar surface area (TPSA) is 63.6 Å². The van der Waals surface area contributed by atoms with Gasteiger partial charge in [0, 0.05) is 0 Å². The molecule has 1 aromatic rings. The molecule has 1 rings (SSSR count). The molecule has 0 fully saturated rings. The van der Waals surface area contributed by atoms with Crippen LogP contribution in [0, 0.1) is 5.82 Å². The summed E-state index contributed by atoms with van der Waals surface area (Å²) >= 11 is 0.870. The van der Waals surface area contributed by atoms with E-state index in [2.05, 4.69) is 0 Å². The molecule has 6 heteroatoms. The van der Waals surface area contributed by atoms with E-state index in [1.807, 2.05) is 0 Å². The van der Waals surface area contributed by atoms with E-state index in [1.54, 1.807) is 6.92 Å². The maximum absolute atomic E-state index is 12.7. The molecular weight excluding hydrogens is 271 g/mol. The number of aliphatic carboxylic acids is 1. The van der Waals surface area contributed by atoms with Gasteiger partial charge in [0.2, 0.25) is 0 Å². The van der Waals surface area contributed by atoms with Gasteiger partial charge in [0.05, 0.1) is 17.3 Å². The Hall–Kier alpha value is -1.82. The number of thioether (sulfide) groups is 1. The summed E-state index contributed by atoms with van der Waals surface area (Å²) in [6.07, 6.45) is 1.38. The van der Waals surface area contributed by atoms with Crippen molar-refractivity contribution >= 4 is 29.8 Å². The molecule has 0 aliphatic heterocycles. The molecule has 0 radical (unpaired) electrons. The minimum atomic E-state index is -1.14. The maximum Gasteiger partial charge on any atom is 0.342 e. The van der Waals surface area contributed by atoms with Crippen LogP contribution in [0.15, 0.2) is 29.2 Å². The third kappa shape index (κ3) is 5.56. The van der Waals surface area contributed by atoms with E-state index in [0.29, 0.717) is 5.56 Å². The highest BCUT2D eigenvalue weighted by Gasteiger charge is 2.11. The van der Waals surface area contributed by atoms with E-state index >= 15 is 0 Å². The summed E-state index contributed by atoms with van der Waals surface area (Å²) in [5, 5.41) is 9.02. The highest BCUT2D eigenvalue weighted by Crippen LogP contribution is 2.20. The van der Waals surface area contributed by atoms with Crippen LogP contribution in [0.5, 0.6) is 0 Å². The van der Waals surface area contributed by atoms with Crippen LogP contribution in [0.25, 0.3) is 6.08 Å². The Labute approximate surface area is 114 Å². The first-order chi connectivity index (χ1) is 9.02. The zero-order chi connectivity index (χ0) is 14.3. The van der Waals surface area contributed by atoms with Gasteiger partial charge in [-0.3, -0.25) is 4.79 Å². The first-order valence-electron chi connectivity index (χ1n) is 5.52. The summed E-state index contributed by atoms with van der Waals surface area (Å²) in [5.74, 6) is -2.08. The van der Waals surface area contributed by atoms with Gasteiger partial charge < -0.3 is 9.84 Å². The smallest absolute Gasteiger partial charge is 0.342 e. The molecule has 0 aromatic heterocycles. The van der Waals surface area contributed by atoms with Crippen LogP contribution in [-0.2, 0) is 14.3 Å². The average molecular weight is 284 g/mol. The Morgan fingerprint density at radius 1 is 1.37 bits per heavy atom. The zero-order valence-electron chi connectivity index (χ0n) is 10.3. The third-order valence-electron chi connectivity index (χ3n) is 2.03. The maximum atomic E-state index is 12.7. The molecule has 0 amide bonds. The van der Waals surface area contributed by atoms with Gasteiger partial charge in [-0.15, -0.1) is 11.8 Å². The highest BCUT2D eigenvalue weighted by molar-refractivity contribution is 8.04. The van der Waals surface area contributed by atoms with Crippen molar-refractivity contribution in [3.05, 3.63) is 40.6 Å². The molecule has 19 heavy (non-hydrogen) atoms. The minimum absolute atomic E-state index is 0.000314. The van der Waals surface area contributed by atoms with Gasteiger partial charge in [-0.05, 0) is 30.7 Å². The molecule has 0 unspecified atom stereocenters. The second kappa shape index (κ2) is 7.58. The monoisotopic (exact) mass is 284 g/mol. The van der Waals surface area contributed by atoms with Crippen molar-refractivity contribution in [2.75, 3.05) is 12.4 Å². The van der Waals surface area contributed by atoms with Crippen LogP contribution in [-0.4, -0.2) is 29.4 Å². The number of carbonyl (C=O) groups is 2. The van der Waals surface area contributed by atoms with E-state index < -0.39 is 17.8 Å². The van der Waals surface area contributed by atoms with E-state index in [0.717, 1.165) is 11.8 Å². The van der Waals surface area contributed by atoms with Crippen molar-refractivity contribution in [1.82, 2.24) is 0 Å². The first-order valence-corrected chi connectivity index (χ1v) is 6.50. The molecule has 1 aromatic carbocycles. The van der Waals surface area contributed by atoms with Gasteiger partial charge in [0.15, 0.2) is 0 Å². The largest absolute Gasteiger partial charge is 0.477 e. The molecule has 0 heterocycles. The highest BCUT2D eigenvalue weighted by atomic mass is 32.2. The number of carboxylic acids is 1. The molecule has 4 nitrogen and oxygen atoms in total. The van der Waals surface area contributed by atoms with E-state index in [1.165, 1.54) is 30.3 Å². The van der Waals surface area contributed by atoms with Crippen LogP contribution in [0.3, 0.4) is 0 Å². The summed E-state index contributed by atoms with van der Waals surface area (Å²) in [5.41, 5.74) is 0.551. The molecule has 0 bridgehead atoms. The van der Waals surface area contributed by atoms with E-state index in [4.69, 9.17) is 9.84 Å². The number of carbonyl (C=O) groups excluding carboxylic acids is 1. The van der Waals surface area contributed by atoms with Crippen LogP contribution < -0.4 is 0 Å². The summed E-state index contributed by atoms with van der Waals surface area (Å²) in [4.78, 5) is 22.2. The minimum Gasteiger partial charge on any atom is -0.477 e.